The van der Waals surface area contributed by atoms with Crippen molar-refractivity contribution in [2.45, 2.75) is 104 Å². The van der Waals surface area contributed by atoms with Crippen LogP contribution in [0.3, 0.4) is 0 Å². The molecule has 0 saturated heterocycles. The number of rotatable bonds is 19. The predicted molar refractivity (Wildman–Crippen MR) is 118 cm³/mol. The first-order valence-corrected chi connectivity index (χ1v) is 13.8. The summed E-state index contributed by atoms with van der Waals surface area (Å²) in [4.78, 5) is 0. The minimum Gasteiger partial charge on any atom is -0.264 e. The van der Waals surface area contributed by atoms with Gasteiger partial charge in [0.05, 0.1) is 12.7 Å². The predicted octanol–water partition coefficient (Wildman–Crippen LogP) is 5.21. The molecule has 0 bridgehead atoms. The highest BCUT2D eigenvalue weighted by molar-refractivity contribution is 7.81. The van der Waals surface area contributed by atoms with Crippen LogP contribution in [0.5, 0.6) is 0 Å². The van der Waals surface area contributed by atoms with E-state index in [4.69, 9.17) is 13.3 Å². The van der Waals surface area contributed by atoms with Crippen LogP contribution in [0.1, 0.15) is 98.3 Å². The van der Waals surface area contributed by atoms with E-state index in [2.05, 4.69) is 31.9 Å². The zero-order valence-electron chi connectivity index (χ0n) is 19.0. The lowest BCUT2D eigenvalue weighted by atomic mass is 9.92. The quantitative estimate of drug-likeness (QED) is 0.193. The molecule has 0 aromatic rings. The zero-order chi connectivity index (χ0) is 23.2. The highest BCUT2D eigenvalue weighted by atomic mass is 32.3. The lowest BCUT2D eigenvalue weighted by Gasteiger charge is -2.18. The van der Waals surface area contributed by atoms with Crippen LogP contribution < -0.4 is 0 Å². The molecular formula is C20H42O8S2. The Morgan fingerprint density at radius 2 is 1.07 bits per heavy atom. The second kappa shape index (κ2) is 15.5. The van der Waals surface area contributed by atoms with E-state index >= 15 is 0 Å². The average Bonchev–Trinajstić information content (AvgIpc) is 2.56. The highest BCUT2D eigenvalue weighted by Crippen LogP contribution is 2.22. The smallest absolute Gasteiger partial charge is 0.264 e. The molecule has 0 amide bonds. The molecule has 10 heteroatoms. The van der Waals surface area contributed by atoms with Gasteiger partial charge in [-0.15, -0.1) is 0 Å². The van der Waals surface area contributed by atoms with Crippen molar-refractivity contribution in [1.82, 2.24) is 0 Å². The van der Waals surface area contributed by atoms with Crippen molar-refractivity contribution in [1.29, 1.82) is 0 Å². The molecule has 3 atom stereocenters. The molecule has 0 rings (SSSR count). The molecule has 0 saturated carbocycles. The van der Waals surface area contributed by atoms with Gasteiger partial charge in [-0.3, -0.25) is 9.11 Å². The van der Waals surface area contributed by atoms with Gasteiger partial charge in [-0.25, -0.2) is 8.37 Å². The second-order valence-electron chi connectivity index (χ2n) is 8.93. The molecule has 0 heterocycles. The van der Waals surface area contributed by atoms with Gasteiger partial charge < -0.3 is 0 Å². The Labute approximate surface area is 184 Å². The van der Waals surface area contributed by atoms with Crippen molar-refractivity contribution >= 4 is 20.8 Å². The Kier molecular flexibility index (Phi) is 15.4. The van der Waals surface area contributed by atoms with E-state index in [1.807, 2.05) is 0 Å². The van der Waals surface area contributed by atoms with Crippen LogP contribution in [0.4, 0.5) is 0 Å². The standard InChI is InChI=1S/C20H42O8S2/c1-17(2)9-5-14-20(28-30(24,25)26)15-7-12-18(3)10-6-11-19(4)13-8-16-27-29(21,22)23/h17-20H,5-16H2,1-4H3,(H,21,22,23)(H,24,25,26)/t18-,19+,20-/m1/s1. The summed E-state index contributed by atoms with van der Waals surface area (Å²) in [6, 6.07) is 0. The van der Waals surface area contributed by atoms with E-state index in [9.17, 15) is 16.8 Å². The van der Waals surface area contributed by atoms with Crippen LogP contribution in [-0.2, 0) is 29.2 Å². The molecule has 30 heavy (non-hydrogen) atoms. The molecule has 0 aromatic carbocycles. The largest absolute Gasteiger partial charge is 0.397 e. The Hall–Kier alpha value is -0.260. The minimum absolute atomic E-state index is 0.00351. The highest BCUT2D eigenvalue weighted by Gasteiger charge is 2.17. The maximum Gasteiger partial charge on any atom is 0.397 e. The second-order valence-corrected chi connectivity index (χ2v) is 11.1. The molecule has 8 nitrogen and oxygen atoms in total. The summed E-state index contributed by atoms with van der Waals surface area (Å²) in [6.45, 7) is 8.54. The zero-order valence-corrected chi connectivity index (χ0v) is 20.6. The molecule has 0 spiro atoms. The van der Waals surface area contributed by atoms with Gasteiger partial charge in [-0.05, 0) is 43.4 Å². The van der Waals surface area contributed by atoms with Gasteiger partial charge in [0, 0.05) is 0 Å². The van der Waals surface area contributed by atoms with E-state index in [0.29, 0.717) is 37.0 Å². The van der Waals surface area contributed by atoms with Crippen LogP contribution >= 0.6 is 0 Å². The third kappa shape index (κ3) is 21.0. The van der Waals surface area contributed by atoms with Crippen LogP contribution in [0.2, 0.25) is 0 Å². The fraction of sp³-hybridized carbons (Fsp3) is 1.00. The fourth-order valence-electron chi connectivity index (χ4n) is 3.56. The van der Waals surface area contributed by atoms with Crippen molar-refractivity contribution in [3.05, 3.63) is 0 Å². The van der Waals surface area contributed by atoms with Crippen molar-refractivity contribution < 1.29 is 34.3 Å². The molecule has 0 aromatic heterocycles. The Morgan fingerprint density at radius 3 is 1.50 bits per heavy atom. The molecule has 0 unspecified atom stereocenters. The normalized spacial score (nSPS) is 16.0. The summed E-state index contributed by atoms with van der Waals surface area (Å²) in [7, 11) is -8.76. The molecule has 0 fully saturated rings. The molecule has 0 aliphatic carbocycles. The lowest BCUT2D eigenvalue weighted by Crippen LogP contribution is -2.18. The van der Waals surface area contributed by atoms with Gasteiger partial charge in [-0.2, -0.15) is 16.8 Å². The molecule has 182 valence electrons. The Balaban J connectivity index is 4.01. The van der Waals surface area contributed by atoms with E-state index in [-0.39, 0.29) is 6.61 Å². The van der Waals surface area contributed by atoms with Gasteiger partial charge in [0.15, 0.2) is 0 Å². The SMILES string of the molecule is CC(C)CCC[C@H](CCC[C@H](C)CCC[C@H](C)CCCOS(=O)(=O)O)OS(=O)(=O)O. The lowest BCUT2D eigenvalue weighted by molar-refractivity contribution is 0.154. The number of hydrogen-bond donors (Lipinski definition) is 2. The topological polar surface area (TPSA) is 127 Å². The van der Waals surface area contributed by atoms with Gasteiger partial charge in [0.1, 0.15) is 0 Å². The van der Waals surface area contributed by atoms with Gasteiger partial charge >= 0.3 is 20.8 Å². The van der Waals surface area contributed by atoms with Crippen LogP contribution in [0, 0.1) is 17.8 Å². The van der Waals surface area contributed by atoms with Crippen molar-refractivity contribution in [2.24, 2.45) is 17.8 Å². The van der Waals surface area contributed by atoms with E-state index in [1.54, 1.807) is 0 Å². The van der Waals surface area contributed by atoms with Crippen LogP contribution in [-0.4, -0.2) is 38.7 Å². The molecule has 2 N–H and O–H groups in total. The third-order valence-corrected chi connectivity index (χ3v) is 6.24. The van der Waals surface area contributed by atoms with Crippen LogP contribution in [0.15, 0.2) is 0 Å². The summed E-state index contributed by atoms with van der Waals surface area (Å²) < 4.78 is 69.8. The first kappa shape index (κ1) is 29.7. The van der Waals surface area contributed by atoms with Crippen molar-refractivity contribution in [3.63, 3.8) is 0 Å². The van der Waals surface area contributed by atoms with Gasteiger partial charge in [-0.1, -0.05) is 72.6 Å². The van der Waals surface area contributed by atoms with E-state index in [1.165, 1.54) is 0 Å². The fourth-order valence-corrected chi connectivity index (χ4v) is 4.42. The van der Waals surface area contributed by atoms with E-state index in [0.717, 1.165) is 51.4 Å². The Morgan fingerprint density at radius 1 is 0.633 bits per heavy atom. The average molecular weight is 475 g/mol. The van der Waals surface area contributed by atoms with Crippen molar-refractivity contribution in [2.75, 3.05) is 6.61 Å². The summed E-state index contributed by atoms with van der Waals surface area (Å²) in [5.41, 5.74) is 0. The summed E-state index contributed by atoms with van der Waals surface area (Å²) in [6.07, 6.45) is 9.11. The van der Waals surface area contributed by atoms with Gasteiger partial charge in [0.2, 0.25) is 0 Å². The minimum atomic E-state index is -4.42. The van der Waals surface area contributed by atoms with Crippen molar-refractivity contribution in [3.8, 4) is 0 Å². The summed E-state index contributed by atoms with van der Waals surface area (Å²) in [5.74, 6) is 1.52. The first-order valence-electron chi connectivity index (χ1n) is 11.1. The summed E-state index contributed by atoms with van der Waals surface area (Å²) >= 11 is 0. The number of hydrogen-bond acceptors (Lipinski definition) is 6. The molecule has 0 aliphatic heterocycles. The first-order chi connectivity index (χ1) is 13.8. The molecule has 0 aliphatic rings. The van der Waals surface area contributed by atoms with Crippen LogP contribution in [0.25, 0.3) is 0 Å². The monoisotopic (exact) mass is 474 g/mol. The summed E-state index contributed by atoms with van der Waals surface area (Å²) in [5, 5.41) is 0. The maximum absolute atomic E-state index is 11.1. The van der Waals surface area contributed by atoms with Gasteiger partial charge in [0.25, 0.3) is 0 Å². The molecule has 0 radical (unpaired) electrons. The van der Waals surface area contributed by atoms with E-state index < -0.39 is 26.9 Å². The maximum atomic E-state index is 11.1. The molecular weight excluding hydrogens is 432 g/mol. The Bertz CT molecular complexity index is 631. The third-order valence-electron chi connectivity index (χ3n) is 5.26.